The van der Waals surface area contributed by atoms with Crippen molar-refractivity contribution in [3.8, 4) is 0 Å². The molecule has 0 atom stereocenters. The monoisotopic (exact) mass is 338 g/mol. The van der Waals surface area contributed by atoms with Crippen molar-refractivity contribution >= 4 is 18.3 Å². The third kappa shape index (κ3) is 4.71. The lowest BCUT2D eigenvalue weighted by atomic mass is 9.80. The quantitative estimate of drug-likeness (QED) is 0.890. The first-order valence-corrected chi connectivity index (χ1v) is 8.53. The van der Waals surface area contributed by atoms with Crippen LogP contribution in [0.15, 0.2) is 24.3 Å². The number of nitrogens with zero attached hydrogens (tertiary/aromatic N) is 1. The maximum Gasteiger partial charge on any atom is 0.232 e. The SMILES string of the molecule is CCNCC1CCN(C(=O)C(C)(C)c2ccccc2C)CC1.Cl. The van der Waals surface area contributed by atoms with Crippen molar-refractivity contribution in [2.45, 2.75) is 46.0 Å². The second-order valence-electron chi connectivity index (χ2n) is 6.98. The first-order chi connectivity index (χ1) is 10.5. The molecule has 0 unspecified atom stereocenters. The van der Waals surface area contributed by atoms with Crippen molar-refractivity contribution in [1.29, 1.82) is 0 Å². The number of halogens is 1. The van der Waals surface area contributed by atoms with Gasteiger partial charge in [0.1, 0.15) is 0 Å². The molecule has 0 aliphatic carbocycles. The van der Waals surface area contributed by atoms with Crippen LogP contribution >= 0.6 is 12.4 Å². The van der Waals surface area contributed by atoms with Gasteiger partial charge in [-0.3, -0.25) is 4.79 Å². The van der Waals surface area contributed by atoms with Gasteiger partial charge in [-0.2, -0.15) is 0 Å². The molecule has 1 heterocycles. The molecule has 1 aromatic carbocycles. The number of piperidine rings is 1. The minimum atomic E-state index is -0.445. The molecule has 1 saturated heterocycles. The second-order valence-corrected chi connectivity index (χ2v) is 6.98. The molecule has 0 radical (unpaired) electrons. The summed E-state index contributed by atoms with van der Waals surface area (Å²) in [7, 11) is 0. The fourth-order valence-electron chi connectivity index (χ4n) is 3.47. The minimum Gasteiger partial charge on any atom is -0.342 e. The maximum absolute atomic E-state index is 13.0. The Balaban J connectivity index is 0.00000264. The molecule has 3 nitrogen and oxygen atoms in total. The molecule has 1 fully saturated rings. The molecular weight excluding hydrogens is 308 g/mol. The highest BCUT2D eigenvalue weighted by Crippen LogP contribution is 2.30. The third-order valence-corrected chi connectivity index (χ3v) is 4.94. The average molecular weight is 339 g/mol. The van der Waals surface area contributed by atoms with Gasteiger partial charge in [0.2, 0.25) is 5.91 Å². The van der Waals surface area contributed by atoms with Gasteiger partial charge in [-0.05, 0) is 63.7 Å². The Bertz CT molecular complexity index is 508. The van der Waals surface area contributed by atoms with Gasteiger partial charge in [0.25, 0.3) is 0 Å². The predicted octanol–water partition coefficient (Wildman–Crippen LogP) is 3.54. The molecule has 1 aliphatic heterocycles. The van der Waals surface area contributed by atoms with E-state index in [1.54, 1.807) is 0 Å². The van der Waals surface area contributed by atoms with Gasteiger partial charge in [0.15, 0.2) is 0 Å². The van der Waals surface area contributed by atoms with E-state index >= 15 is 0 Å². The Labute approximate surface area is 147 Å². The normalized spacial score (nSPS) is 16.1. The average Bonchev–Trinajstić information content (AvgIpc) is 2.53. The van der Waals surface area contributed by atoms with E-state index in [0.29, 0.717) is 5.92 Å². The molecule has 23 heavy (non-hydrogen) atoms. The summed E-state index contributed by atoms with van der Waals surface area (Å²) in [5.74, 6) is 0.981. The zero-order valence-electron chi connectivity index (χ0n) is 14.9. The molecule has 0 saturated carbocycles. The number of hydrogen-bond acceptors (Lipinski definition) is 2. The molecule has 1 N–H and O–H groups in total. The zero-order chi connectivity index (χ0) is 16.2. The minimum absolute atomic E-state index is 0. The number of nitrogens with one attached hydrogen (secondary N) is 1. The molecular formula is C19H31ClN2O. The number of benzene rings is 1. The molecule has 0 bridgehead atoms. The number of carbonyl (C=O) groups excluding carboxylic acids is 1. The van der Waals surface area contributed by atoms with Gasteiger partial charge in [0, 0.05) is 13.1 Å². The third-order valence-electron chi connectivity index (χ3n) is 4.94. The molecule has 4 heteroatoms. The number of amides is 1. The molecule has 0 aromatic heterocycles. The van der Waals surface area contributed by atoms with Crippen LogP contribution in [0.5, 0.6) is 0 Å². The van der Waals surface area contributed by atoms with Crippen molar-refractivity contribution in [2.24, 2.45) is 5.92 Å². The van der Waals surface area contributed by atoms with E-state index in [1.165, 1.54) is 5.56 Å². The van der Waals surface area contributed by atoms with E-state index in [4.69, 9.17) is 0 Å². The number of aryl methyl sites for hydroxylation is 1. The smallest absolute Gasteiger partial charge is 0.232 e. The van der Waals surface area contributed by atoms with Crippen LogP contribution < -0.4 is 5.32 Å². The lowest BCUT2D eigenvalue weighted by Gasteiger charge is -2.37. The first kappa shape index (κ1) is 20.0. The lowest BCUT2D eigenvalue weighted by molar-refractivity contribution is -0.137. The highest BCUT2D eigenvalue weighted by Gasteiger charge is 2.36. The first-order valence-electron chi connectivity index (χ1n) is 8.53. The van der Waals surface area contributed by atoms with Crippen LogP contribution in [0.4, 0.5) is 0 Å². The lowest BCUT2D eigenvalue weighted by Crippen LogP contribution is -2.48. The molecule has 1 aliphatic rings. The van der Waals surface area contributed by atoms with E-state index in [2.05, 4.69) is 50.0 Å². The van der Waals surface area contributed by atoms with Crippen molar-refractivity contribution in [2.75, 3.05) is 26.2 Å². The van der Waals surface area contributed by atoms with Crippen molar-refractivity contribution in [1.82, 2.24) is 10.2 Å². The van der Waals surface area contributed by atoms with Gasteiger partial charge in [-0.25, -0.2) is 0 Å². The van der Waals surface area contributed by atoms with Crippen LogP contribution in [0.2, 0.25) is 0 Å². The van der Waals surface area contributed by atoms with Crippen LogP contribution in [0.25, 0.3) is 0 Å². The summed E-state index contributed by atoms with van der Waals surface area (Å²) in [5, 5.41) is 3.42. The summed E-state index contributed by atoms with van der Waals surface area (Å²) in [6.07, 6.45) is 2.23. The van der Waals surface area contributed by atoms with E-state index in [0.717, 1.165) is 44.6 Å². The zero-order valence-corrected chi connectivity index (χ0v) is 15.7. The van der Waals surface area contributed by atoms with E-state index in [-0.39, 0.29) is 18.3 Å². The topological polar surface area (TPSA) is 32.3 Å². The molecule has 2 rings (SSSR count). The highest BCUT2D eigenvalue weighted by molar-refractivity contribution is 5.87. The number of likely N-dealkylation sites (tertiary alicyclic amines) is 1. The van der Waals surface area contributed by atoms with Crippen molar-refractivity contribution in [3.63, 3.8) is 0 Å². The summed E-state index contributed by atoms with van der Waals surface area (Å²) < 4.78 is 0. The predicted molar refractivity (Wildman–Crippen MR) is 99.3 cm³/mol. The van der Waals surface area contributed by atoms with Crippen molar-refractivity contribution in [3.05, 3.63) is 35.4 Å². The Morgan fingerprint density at radius 2 is 1.87 bits per heavy atom. The van der Waals surface area contributed by atoms with Gasteiger partial charge >= 0.3 is 0 Å². The molecule has 1 amide bonds. The summed E-state index contributed by atoms with van der Waals surface area (Å²) in [6, 6.07) is 8.24. The Morgan fingerprint density at radius 3 is 2.43 bits per heavy atom. The van der Waals surface area contributed by atoms with E-state index in [9.17, 15) is 4.79 Å². The summed E-state index contributed by atoms with van der Waals surface area (Å²) in [5.41, 5.74) is 1.90. The Hall–Kier alpha value is -1.06. The van der Waals surface area contributed by atoms with Crippen LogP contribution in [0, 0.1) is 12.8 Å². The van der Waals surface area contributed by atoms with Gasteiger partial charge in [-0.15, -0.1) is 12.4 Å². The van der Waals surface area contributed by atoms with Crippen LogP contribution in [-0.4, -0.2) is 37.0 Å². The van der Waals surface area contributed by atoms with Crippen LogP contribution in [-0.2, 0) is 10.2 Å². The number of hydrogen-bond donors (Lipinski definition) is 1. The van der Waals surface area contributed by atoms with Crippen LogP contribution in [0.1, 0.15) is 44.7 Å². The fourth-order valence-corrected chi connectivity index (χ4v) is 3.47. The molecule has 130 valence electrons. The van der Waals surface area contributed by atoms with Gasteiger partial charge in [0.05, 0.1) is 5.41 Å². The summed E-state index contributed by atoms with van der Waals surface area (Å²) in [4.78, 5) is 15.1. The van der Waals surface area contributed by atoms with Crippen molar-refractivity contribution < 1.29 is 4.79 Å². The van der Waals surface area contributed by atoms with E-state index in [1.807, 2.05) is 12.1 Å². The van der Waals surface area contributed by atoms with Gasteiger partial charge < -0.3 is 10.2 Å². The van der Waals surface area contributed by atoms with Crippen LogP contribution in [0.3, 0.4) is 0 Å². The number of rotatable bonds is 5. The highest BCUT2D eigenvalue weighted by atomic mass is 35.5. The molecule has 1 aromatic rings. The fraction of sp³-hybridized carbons (Fsp3) is 0.632. The maximum atomic E-state index is 13.0. The molecule has 0 spiro atoms. The van der Waals surface area contributed by atoms with E-state index < -0.39 is 5.41 Å². The Kier molecular flexibility index (Phi) is 7.56. The van der Waals surface area contributed by atoms with Gasteiger partial charge in [-0.1, -0.05) is 31.2 Å². The summed E-state index contributed by atoms with van der Waals surface area (Å²) >= 11 is 0. The number of carbonyl (C=O) groups is 1. The standard InChI is InChI=1S/C19H30N2O.ClH/c1-5-20-14-16-10-12-21(13-11-16)18(22)19(3,4)17-9-7-6-8-15(17)2;/h6-9,16,20H,5,10-14H2,1-4H3;1H. The second kappa shape index (κ2) is 8.70. The Morgan fingerprint density at radius 1 is 1.26 bits per heavy atom. The largest absolute Gasteiger partial charge is 0.342 e. The summed E-state index contributed by atoms with van der Waals surface area (Å²) in [6.45, 7) is 12.2.